The first-order chi connectivity index (χ1) is 6.24. The molecule has 0 fully saturated rings. The Morgan fingerprint density at radius 2 is 2.23 bits per heavy atom. The lowest BCUT2D eigenvalue weighted by atomic mass is 10.1. The van der Waals surface area contributed by atoms with Gasteiger partial charge in [-0.25, -0.2) is 0 Å². The monoisotopic (exact) mass is 214 g/mol. The maximum absolute atomic E-state index is 9.65. The van der Waals surface area contributed by atoms with E-state index in [0.717, 1.165) is 10.1 Å². The van der Waals surface area contributed by atoms with Gasteiger partial charge in [0, 0.05) is 16.0 Å². The summed E-state index contributed by atoms with van der Waals surface area (Å²) in [5.74, 6) is 0.136. The van der Waals surface area contributed by atoms with E-state index in [1.165, 1.54) is 11.3 Å². The zero-order chi connectivity index (χ0) is 9.42. The van der Waals surface area contributed by atoms with Crippen molar-refractivity contribution in [2.75, 3.05) is 0 Å². The number of aromatic hydroxyl groups is 1. The summed E-state index contributed by atoms with van der Waals surface area (Å²) in [5, 5.41) is 21.8. The van der Waals surface area contributed by atoms with Crippen LogP contribution < -0.4 is 0 Å². The second kappa shape index (κ2) is 3.18. The molecule has 0 unspecified atom stereocenters. The van der Waals surface area contributed by atoms with Crippen LogP contribution in [-0.4, -0.2) is 10.2 Å². The zero-order valence-corrected chi connectivity index (χ0v) is 8.19. The van der Waals surface area contributed by atoms with Crippen molar-refractivity contribution in [3.05, 3.63) is 28.1 Å². The minimum absolute atomic E-state index is 0.136. The molecule has 0 aliphatic rings. The number of hydrogen-bond donors (Lipinski definition) is 2. The van der Waals surface area contributed by atoms with Crippen LogP contribution >= 0.6 is 22.9 Å². The van der Waals surface area contributed by atoms with Crippen molar-refractivity contribution in [3.63, 3.8) is 0 Å². The summed E-state index contributed by atoms with van der Waals surface area (Å²) in [7, 11) is 0. The molecule has 2 rings (SSSR count). The van der Waals surface area contributed by atoms with Gasteiger partial charge in [-0.1, -0.05) is 11.6 Å². The largest absolute Gasteiger partial charge is 0.506 e. The molecule has 0 radical (unpaired) electrons. The molecule has 0 amide bonds. The Balaban J connectivity index is 2.85. The zero-order valence-electron chi connectivity index (χ0n) is 6.62. The molecule has 0 atom stereocenters. The van der Waals surface area contributed by atoms with Crippen molar-refractivity contribution in [1.82, 2.24) is 0 Å². The normalized spacial score (nSPS) is 10.9. The Hall–Kier alpha value is -0.770. The minimum Gasteiger partial charge on any atom is -0.506 e. The molecule has 0 aliphatic carbocycles. The highest BCUT2D eigenvalue weighted by Crippen LogP contribution is 2.37. The molecule has 68 valence electrons. The first-order valence-electron chi connectivity index (χ1n) is 3.72. The van der Waals surface area contributed by atoms with Crippen LogP contribution in [0.3, 0.4) is 0 Å². The summed E-state index contributed by atoms with van der Waals surface area (Å²) in [6.07, 6.45) is 0. The van der Waals surface area contributed by atoms with E-state index < -0.39 is 0 Å². The van der Waals surface area contributed by atoms with E-state index >= 15 is 0 Å². The number of aliphatic hydroxyl groups is 1. The molecule has 2 aromatic rings. The SMILES string of the molecule is OCc1cc(Cl)c2ccsc2c1O. The van der Waals surface area contributed by atoms with Crippen LogP contribution in [0.4, 0.5) is 0 Å². The minimum atomic E-state index is -0.195. The third-order valence-electron chi connectivity index (χ3n) is 1.91. The van der Waals surface area contributed by atoms with E-state index in [1.807, 2.05) is 11.4 Å². The molecule has 1 aromatic heterocycles. The third kappa shape index (κ3) is 1.29. The second-order valence-corrected chi connectivity index (χ2v) is 4.01. The van der Waals surface area contributed by atoms with Crippen LogP contribution in [0.2, 0.25) is 5.02 Å². The molecular weight excluding hydrogens is 208 g/mol. The second-order valence-electron chi connectivity index (χ2n) is 2.69. The van der Waals surface area contributed by atoms with Gasteiger partial charge >= 0.3 is 0 Å². The predicted octanol–water partition coefficient (Wildman–Crippen LogP) is 2.75. The fourth-order valence-electron chi connectivity index (χ4n) is 1.25. The van der Waals surface area contributed by atoms with Gasteiger partial charge in [0.25, 0.3) is 0 Å². The van der Waals surface area contributed by atoms with Crippen LogP contribution in [-0.2, 0) is 6.61 Å². The van der Waals surface area contributed by atoms with Crippen molar-refractivity contribution < 1.29 is 10.2 Å². The van der Waals surface area contributed by atoms with Gasteiger partial charge in [0.05, 0.1) is 11.3 Å². The van der Waals surface area contributed by atoms with Crippen molar-refractivity contribution >= 4 is 33.0 Å². The van der Waals surface area contributed by atoms with Gasteiger partial charge in [-0.2, -0.15) is 0 Å². The number of fused-ring (bicyclic) bond motifs is 1. The quantitative estimate of drug-likeness (QED) is 0.767. The van der Waals surface area contributed by atoms with Gasteiger partial charge < -0.3 is 10.2 Å². The molecule has 0 saturated carbocycles. The lowest BCUT2D eigenvalue weighted by molar-refractivity contribution is 0.276. The molecule has 4 heteroatoms. The third-order valence-corrected chi connectivity index (χ3v) is 3.15. The van der Waals surface area contributed by atoms with E-state index in [0.29, 0.717) is 10.6 Å². The smallest absolute Gasteiger partial charge is 0.138 e. The first-order valence-corrected chi connectivity index (χ1v) is 4.98. The summed E-state index contributed by atoms with van der Waals surface area (Å²) < 4.78 is 0.733. The Morgan fingerprint density at radius 1 is 1.46 bits per heavy atom. The Kier molecular flexibility index (Phi) is 2.15. The summed E-state index contributed by atoms with van der Waals surface area (Å²) >= 11 is 7.35. The number of hydrogen-bond acceptors (Lipinski definition) is 3. The maximum atomic E-state index is 9.65. The van der Waals surface area contributed by atoms with Crippen LogP contribution in [0, 0.1) is 0 Å². The number of thiophene rings is 1. The van der Waals surface area contributed by atoms with Crippen molar-refractivity contribution in [2.24, 2.45) is 0 Å². The highest BCUT2D eigenvalue weighted by Gasteiger charge is 2.10. The number of aliphatic hydroxyl groups excluding tert-OH is 1. The fourth-order valence-corrected chi connectivity index (χ4v) is 2.48. The van der Waals surface area contributed by atoms with Gasteiger partial charge in [-0.3, -0.25) is 0 Å². The van der Waals surface area contributed by atoms with Crippen LogP contribution in [0.1, 0.15) is 5.56 Å². The maximum Gasteiger partial charge on any atom is 0.138 e. The first kappa shape index (κ1) is 8.81. The average Bonchev–Trinajstić information content (AvgIpc) is 2.60. The van der Waals surface area contributed by atoms with E-state index in [-0.39, 0.29) is 12.4 Å². The molecule has 0 spiro atoms. The Morgan fingerprint density at radius 3 is 2.92 bits per heavy atom. The van der Waals surface area contributed by atoms with Gasteiger partial charge in [0.15, 0.2) is 0 Å². The van der Waals surface area contributed by atoms with Gasteiger partial charge in [0.1, 0.15) is 5.75 Å². The number of halogens is 1. The summed E-state index contributed by atoms with van der Waals surface area (Å²) in [6, 6.07) is 3.44. The van der Waals surface area contributed by atoms with Crippen LogP contribution in [0.25, 0.3) is 10.1 Å². The molecule has 2 N–H and O–H groups in total. The highest BCUT2D eigenvalue weighted by atomic mass is 35.5. The van der Waals surface area contributed by atoms with E-state index in [2.05, 4.69) is 0 Å². The molecule has 1 heterocycles. The standard InChI is InChI=1S/C9H7ClO2S/c10-7-3-5(4-11)8(12)9-6(7)1-2-13-9/h1-3,11-12H,4H2. The lowest BCUT2D eigenvalue weighted by Gasteiger charge is -2.03. The van der Waals surface area contributed by atoms with E-state index in [9.17, 15) is 5.11 Å². The molecule has 0 bridgehead atoms. The highest BCUT2D eigenvalue weighted by molar-refractivity contribution is 7.17. The molecular formula is C9H7ClO2S. The molecule has 13 heavy (non-hydrogen) atoms. The van der Waals surface area contributed by atoms with E-state index in [1.54, 1.807) is 6.07 Å². The Labute approximate surface area is 84.0 Å². The Bertz CT molecular complexity index is 450. The van der Waals surface area contributed by atoms with Crippen molar-refractivity contribution in [1.29, 1.82) is 0 Å². The number of phenols is 1. The number of benzene rings is 1. The van der Waals surface area contributed by atoms with Gasteiger partial charge in [0.2, 0.25) is 0 Å². The summed E-state index contributed by atoms with van der Waals surface area (Å²) in [4.78, 5) is 0. The van der Waals surface area contributed by atoms with Gasteiger partial charge in [-0.15, -0.1) is 11.3 Å². The van der Waals surface area contributed by atoms with Crippen LogP contribution in [0.5, 0.6) is 5.75 Å². The van der Waals surface area contributed by atoms with E-state index in [4.69, 9.17) is 16.7 Å². The molecule has 0 aliphatic heterocycles. The average molecular weight is 215 g/mol. The fraction of sp³-hybridized carbons (Fsp3) is 0.111. The number of rotatable bonds is 1. The topological polar surface area (TPSA) is 40.5 Å². The predicted molar refractivity (Wildman–Crippen MR) is 54.4 cm³/mol. The summed E-state index contributed by atoms with van der Waals surface area (Å²) in [6.45, 7) is -0.195. The van der Waals surface area contributed by atoms with Gasteiger partial charge in [-0.05, 0) is 17.5 Å². The molecule has 1 aromatic carbocycles. The molecule has 0 saturated heterocycles. The lowest BCUT2D eigenvalue weighted by Crippen LogP contribution is -1.84. The van der Waals surface area contributed by atoms with Crippen molar-refractivity contribution in [3.8, 4) is 5.75 Å². The van der Waals surface area contributed by atoms with Crippen LogP contribution in [0.15, 0.2) is 17.5 Å². The summed E-state index contributed by atoms with van der Waals surface area (Å²) in [5.41, 5.74) is 0.472. The molecule has 2 nitrogen and oxygen atoms in total. The van der Waals surface area contributed by atoms with Crippen molar-refractivity contribution in [2.45, 2.75) is 6.61 Å².